The first-order valence-electron chi connectivity index (χ1n) is 6.03. The topological polar surface area (TPSA) is 42.5 Å². The van der Waals surface area contributed by atoms with Gasteiger partial charge in [-0.25, -0.2) is 0 Å². The van der Waals surface area contributed by atoms with E-state index in [1.807, 2.05) is 18.2 Å². The van der Waals surface area contributed by atoms with E-state index in [2.05, 4.69) is 10.6 Å². The number of hydrogen-bond donors (Lipinski definition) is 2. The van der Waals surface area contributed by atoms with E-state index in [-0.39, 0.29) is 0 Å². The fourth-order valence-electron chi connectivity index (χ4n) is 1.72. The van der Waals surface area contributed by atoms with Gasteiger partial charge in [0.25, 0.3) is 0 Å². The number of ether oxygens (including phenoxy) is 2. The van der Waals surface area contributed by atoms with E-state index in [9.17, 15) is 0 Å². The molecule has 0 saturated heterocycles. The summed E-state index contributed by atoms with van der Waals surface area (Å²) in [7, 11) is 3.29. The number of benzene rings is 1. The minimum absolute atomic E-state index is 0.757. The van der Waals surface area contributed by atoms with E-state index in [4.69, 9.17) is 9.47 Å². The van der Waals surface area contributed by atoms with Crippen molar-refractivity contribution in [3.8, 4) is 11.5 Å². The Labute approximate surface area is 102 Å². The summed E-state index contributed by atoms with van der Waals surface area (Å²) in [6.07, 6.45) is 2.66. The Balaban J connectivity index is 1.82. The molecule has 0 amide bonds. The van der Waals surface area contributed by atoms with Crippen molar-refractivity contribution >= 4 is 5.69 Å². The number of rotatable bonds is 7. The van der Waals surface area contributed by atoms with Crippen molar-refractivity contribution < 1.29 is 9.47 Å². The number of nitrogens with one attached hydrogen (secondary N) is 2. The molecular formula is C13H20N2O2. The van der Waals surface area contributed by atoms with Crippen molar-refractivity contribution in [1.29, 1.82) is 0 Å². The summed E-state index contributed by atoms with van der Waals surface area (Å²) in [4.78, 5) is 0. The lowest BCUT2D eigenvalue weighted by Gasteiger charge is -2.11. The first-order chi connectivity index (χ1) is 8.33. The lowest BCUT2D eigenvalue weighted by molar-refractivity contribution is 0.355. The van der Waals surface area contributed by atoms with Gasteiger partial charge in [-0.2, -0.15) is 0 Å². The predicted molar refractivity (Wildman–Crippen MR) is 69.1 cm³/mol. The quantitative estimate of drug-likeness (QED) is 0.709. The molecule has 1 aromatic rings. The molecule has 4 nitrogen and oxygen atoms in total. The van der Waals surface area contributed by atoms with Crippen LogP contribution < -0.4 is 20.1 Å². The molecule has 17 heavy (non-hydrogen) atoms. The van der Waals surface area contributed by atoms with Crippen molar-refractivity contribution in [1.82, 2.24) is 5.32 Å². The number of methoxy groups -OCH3 is 2. The highest BCUT2D eigenvalue weighted by Crippen LogP contribution is 2.29. The van der Waals surface area contributed by atoms with Crippen LogP contribution in [0, 0.1) is 0 Å². The summed E-state index contributed by atoms with van der Waals surface area (Å²) >= 11 is 0. The first-order valence-corrected chi connectivity index (χ1v) is 6.03. The molecular weight excluding hydrogens is 216 g/mol. The molecule has 2 rings (SSSR count). The third-order valence-electron chi connectivity index (χ3n) is 2.85. The fourth-order valence-corrected chi connectivity index (χ4v) is 1.72. The Morgan fingerprint density at radius 3 is 2.53 bits per heavy atom. The second kappa shape index (κ2) is 5.77. The van der Waals surface area contributed by atoms with Crippen LogP contribution in [0.4, 0.5) is 5.69 Å². The largest absolute Gasteiger partial charge is 0.493 e. The molecule has 1 fully saturated rings. The standard InChI is InChI=1S/C13H20N2O2/c1-16-12-6-5-11(9-13(12)17-2)15-8-7-14-10-3-4-10/h5-6,9-10,14-15H,3-4,7-8H2,1-2H3. The minimum Gasteiger partial charge on any atom is -0.493 e. The van der Waals surface area contributed by atoms with Gasteiger partial charge in [0.05, 0.1) is 14.2 Å². The maximum absolute atomic E-state index is 5.25. The van der Waals surface area contributed by atoms with Crippen LogP contribution >= 0.6 is 0 Å². The molecule has 0 unspecified atom stereocenters. The Morgan fingerprint density at radius 1 is 1.12 bits per heavy atom. The Kier molecular flexibility index (Phi) is 4.09. The van der Waals surface area contributed by atoms with Crippen molar-refractivity contribution in [2.45, 2.75) is 18.9 Å². The van der Waals surface area contributed by atoms with E-state index in [1.54, 1.807) is 14.2 Å². The van der Waals surface area contributed by atoms with Crippen LogP contribution in [-0.4, -0.2) is 33.4 Å². The van der Waals surface area contributed by atoms with Gasteiger partial charge < -0.3 is 20.1 Å². The van der Waals surface area contributed by atoms with Crippen LogP contribution in [0.5, 0.6) is 11.5 Å². The average Bonchev–Trinajstić information content (AvgIpc) is 3.18. The molecule has 1 aromatic carbocycles. The second-order valence-corrected chi connectivity index (χ2v) is 4.22. The third-order valence-corrected chi connectivity index (χ3v) is 2.85. The molecule has 0 aliphatic heterocycles. The monoisotopic (exact) mass is 236 g/mol. The number of hydrogen-bond acceptors (Lipinski definition) is 4. The number of anilines is 1. The summed E-state index contributed by atoms with van der Waals surface area (Å²) in [6, 6.07) is 6.63. The van der Waals surface area contributed by atoms with Crippen LogP contribution in [0.1, 0.15) is 12.8 Å². The van der Waals surface area contributed by atoms with E-state index in [0.717, 1.165) is 36.3 Å². The van der Waals surface area contributed by atoms with Gasteiger partial charge in [-0.1, -0.05) is 0 Å². The van der Waals surface area contributed by atoms with Crippen LogP contribution in [0.3, 0.4) is 0 Å². The zero-order valence-corrected chi connectivity index (χ0v) is 10.5. The predicted octanol–water partition coefficient (Wildman–Crippen LogP) is 1.87. The fraction of sp³-hybridized carbons (Fsp3) is 0.538. The van der Waals surface area contributed by atoms with E-state index < -0.39 is 0 Å². The smallest absolute Gasteiger partial charge is 0.162 e. The van der Waals surface area contributed by atoms with Crippen molar-refractivity contribution in [2.24, 2.45) is 0 Å². The molecule has 0 atom stereocenters. The highest BCUT2D eigenvalue weighted by molar-refractivity contribution is 5.54. The summed E-state index contributed by atoms with van der Waals surface area (Å²) in [5, 5.41) is 6.82. The first kappa shape index (κ1) is 12.0. The van der Waals surface area contributed by atoms with E-state index in [1.165, 1.54) is 12.8 Å². The maximum Gasteiger partial charge on any atom is 0.162 e. The summed E-state index contributed by atoms with van der Waals surface area (Å²) in [6.45, 7) is 1.92. The minimum atomic E-state index is 0.757. The van der Waals surface area contributed by atoms with Crippen LogP contribution in [0.15, 0.2) is 18.2 Å². The molecule has 0 aromatic heterocycles. The SMILES string of the molecule is COc1ccc(NCCNC2CC2)cc1OC. The lowest BCUT2D eigenvalue weighted by atomic mass is 10.2. The molecule has 94 valence electrons. The average molecular weight is 236 g/mol. The van der Waals surface area contributed by atoms with Crippen LogP contribution in [0.2, 0.25) is 0 Å². The van der Waals surface area contributed by atoms with Crippen LogP contribution in [0.25, 0.3) is 0 Å². The molecule has 2 N–H and O–H groups in total. The zero-order chi connectivity index (χ0) is 12.1. The molecule has 1 aliphatic rings. The van der Waals surface area contributed by atoms with Gasteiger partial charge in [0.15, 0.2) is 11.5 Å². The van der Waals surface area contributed by atoms with Crippen molar-refractivity contribution in [3.63, 3.8) is 0 Å². The zero-order valence-electron chi connectivity index (χ0n) is 10.5. The van der Waals surface area contributed by atoms with Gasteiger partial charge in [-0.3, -0.25) is 0 Å². The maximum atomic E-state index is 5.25. The highest BCUT2D eigenvalue weighted by atomic mass is 16.5. The Morgan fingerprint density at radius 2 is 1.88 bits per heavy atom. The normalized spacial score (nSPS) is 14.5. The van der Waals surface area contributed by atoms with Gasteiger partial charge in [-0.15, -0.1) is 0 Å². The molecule has 0 radical (unpaired) electrons. The Hall–Kier alpha value is -1.42. The van der Waals surface area contributed by atoms with Gasteiger partial charge in [-0.05, 0) is 25.0 Å². The third kappa shape index (κ3) is 3.53. The van der Waals surface area contributed by atoms with Crippen LogP contribution in [-0.2, 0) is 0 Å². The summed E-state index contributed by atoms with van der Waals surface area (Å²) in [5.41, 5.74) is 1.06. The highest BCUT2D eigenvalue weighted by Gasteiger charge is 2.19. The molecule has 0 heterocycles. The molecule has 0 spiro atoms. The van der Waals surface area contributed by atoms with Gasteiger partial charge in [0.2, 0.25) is 0 Å². The summed E-state index contributed by atoms with van der Waals surface area (Å²) < 4.78 is 10.4. The Bertz CT molecular complexity index is 364. The lowest BCUT2D eigenvalue weighted by Crippen LogP contribution is -2.23. The molecule has 4 heteroatoms. The van der Waals surface area contributed by atoms with Crippen molar-refractivity contribution in [3.05, 3.63) is 18.2 Å². The molecule has 0 bridgehead atoms. The summed E-state index contributed by atoms with van der Waals surface area (Å²) in [5.74, 6) is 1.52. The van der Waals surface area contributed by atoms with E-state index in [0.29, 0.717) is 0 Å². The van der Waals surface area contributed by atoms with Gasteiger partial charge in [0.1, 0.15) is 0 Å². The molecule has 1 aliphatic carbocycles. The van der Waals surface area contributed by atoms with Gasteiger partial charge >= 0.3 is 0 Å². The molecule has 1 saturated carbocycles. The second-order valence-electron chi connectivity index (χ2n) is 4.22. The van der Waals surface area contributed by atoms with E-state index >= 15 is 0 Å². The van der Waals surface area contributed by atoms with Crippen molar-refractivity contribution in [2.75, 3.05) is 32.6 Å². The van der Waals surface area contributed by atoms with Gasteiger partial charge in [0, 0.05) is 30.9 Å².